The van der Waals surface area contributed by atoms with E-state index in [2.05, 4.69) is 135 Å². The van der Waals surface area contributed by atoms with Crippen molar-refractivity contribution in [3.63, 3.8) is 0 Å². The number of ether oxygens (including phenoxy) is 2. The van der Waals surface area contributed by atoms with Gasteiger partial charge in [0.2, 0.25) is 0 Å². The summed E-state index contributed by atoms with van der Waals surface area (Å²) in [6.45, 7) is 3.95. The molecule has 1 rings (SSSR count). The van der Waals surface area contributed by atoms with Crippen LogP contribution in [0.5, 0.6) is 0 Å². The first-order chi connectivity index (χ1) is 34.0. The van der Waals surface area contributed by atoms with Crippen LogP contribution in [0.15, 0.2) is 122 Å². The van der Waals surface area contributed by atoms with Crippen molar-refractivity contribution in [2.45, 2.75) is 211 Å². The number of hydrogen-bond donors (Lipinski definition) is 6. The summed E-state index contributed by atoms with van der Waals surface area (Å²) in [6.07, 6.45) is 54.0. The molecule has 1 aliphatic carbocycles. The number of aliphatic hydroxyl groups is 5. The highest BCUT2D eigenvalue weighted by Crippen LogP contribution is 2.47. The van der Waals surface area contributed by atoms with Crippen LogP contribution >= 0.6 is 7.82 Å². The van der Waals surface area contributed by atoms with Crippen LogP contribution in [-0.4, -0.2) is 98.9 Å². The van der Waals surface area contributed by atoms with Gasteiger partial charge in [-0.2, -0.15) is 0 Å². The Hall–Kier alpha value is -3.26. The Balaban J connectivity index is 2.38. The van der Waals surface area contributed by atoms with Gasteiger partial charge in [-0.05, 0) is 103 Å². The lowest BCUT2D eigenvalue weighted by Gasteiger charge is -2.41. The van der Waals surface area contributed by atoms with Gasteiger partial charge in [0, 0.05) is 13.0 Å². The number of phosphoric ester groups is 1. The molecule has 0 aromatic heterocycles. The van der Waals surface area contributed by atoms with Crippen molar-refractivity contribution in [1.82, 2.24) is 0 Å². The monoisotopic (exact) mass is 1000 g/mol. The first kappa shape index (κ1) is 64.8. The van der Waals surface area contributed by atoms with Crippen LogP contribution in [0.4, 0.5) is 0 Å². The highest BCUT2D eigenvalue weighted by atomic mass is 31.2. The third-order valence-corrected chi connectivity index (χ3v) is 12.3. The molecule has 1 saturated carbocycles. The van der Waals surface area contributed by atoms with Crippen molar-refractivity contribution in [2.24, 2.45) is 0 Å². The molecule has 0 saturated heterocycles. The molecule has 0 amide bonds. The second kappa shape index (κ2) is 45.6. The molecule has 0 heterocycles. The molecule has 6 N–H and O–H groups in total. The minimum absolute atomic E-state index is 0.107. The molecular weight excluding hydrogens is 908 g/mol. The van der Waals surface area contributed by atoms with E-state index in [1.54, 1.807) is 0 Å². The van der Waals surface area contributed by atoms with Crippen LogP contribution in [0.3, 0.4) is 0 Å². The lowest BCUT2D eigenvalue weighted by atomic mass is 9.85. The Morgan fingerprint density at radius 2 is 0.800 bits per heavy atom. The molecule has 1 aliphatic rings. The summed E-state index contributed by atoms with van der Waals surface area (Å²) in [5, 5.41) is 50.4. The number of unbranched alkanes of at least 4 members (excludes halogenated alkanes) is 11. The first-order valence-corrected chi connectivity index (χ1v) is 27.9. The number of carbonyl (C=O) groups excluding carboxylic acids is 1. The standard InChI is InChI=1S/C57H93O12P/c1-3-5-7-9-11-13-15-17-19-21-23-25-26-27-28-30-32-34-36-38-40-42-44-46-51(58)68-50(49-67-70(64,65)69-57-55(62)53(60)52(59)54(61)56(57)63)48-66-47-45-43-41-39-37-35-33-31-29-24-22-20-18-16-14-12-10-8-6-4-2/h5-8,11-14,17-20,23-25,27-29,33,35,50,52-57,59-63H,3-4,9-10,15-16,21-22,26,30-32,34,36-49H2,1-2H3,(H,64,65)/b7-5-,8-6-,13-11-,14-12-,19-17-,20-18-,25-23-,28-27-,29-24-,35-33-. The number of hydrogen-bond acceptors (Lipinski definition) is 11. The third kappa shape index (κ3) is 36.6. The summed E-state index contributed by atoms with van der Waals surface area (Å²) < 4.78 is 34.3. The Kier molecular flexibility index (Phi) is 42.2. The zero-order valence-electron chi connectivity index (χ0n) is 42.8. The van der Waals surface area contributed by atoms with Crippen LogP contribution in [0.2, 0.25) is 0 Å². The maximum Gasteiger partial charge on any atom is 0.472 e. The number of esters is 1. The van der Waals surface area contributed by atoms with Crippen LogP contribution in [-0.2, 0) is 27.9 Å². The van der Waals surface area contributed by atoms with Gasteiger partial charge in [-0.3, -0.25) is 13.8 Å². The zero-order valence-corrected chi connectivity index (χ0v) is 43.7. The number of allylic oxidation sites excluding steroid dienone is 20. The van der Waals surface area contributed by atoms with E-state index in [4.69, 9.17) is 18.5 Å². The maximum absolute atomic E-state index is 12.9. The molecule has 6 atom stereocenters. The second-order valence-corrected chi connectivity index (χ2v) is 19.0. The molecule has 0 radical (unpaired) electrons. The van der Waals surface area contributed by atoms with Gasteiger partial charge in [-0.1, -0.05) is 180 Å². The van der Waals surface area contributed by atoms with E-state index in [1.165, 1.54) is 0 Å². The molecular formula is C57H93O12P. The van der Waals surface area contributed by atoms with Crippen molar-refractivity contribution in [3.05, 3.63) is 122 Å². The summed E-state index contributed by atoms with van der Waals surface area (Å²) in [5.41, 5.74) is 0. The van der Waals surface area contributed by atoms with Crippen LogP contribution in [0.1, 0.15) is 168 Å². The zero-order chi connectivity index (χ0) is 51.2. The van der Waals surface area contributed by atoms with Gasteiger partial charge in [0.15, 0.2) is 0 Å². The number of carbonyl (C=O) groups is 1. The summed E-state index contributed by atoms with van der Waals surface area (Å²) in [5.74, 6) is -0.503. The Labute approximate surface area is 422 Å². The highest BCUT2D eigenvalue weighted by molar-refractivity contribution is 7.47. The van der Waals surface area contributed by atoms with E-state index in [-0.39, 0.29) is 13.0 Å². The van der Waals surface area contributed by atoms with Gasteiger partial charge >= 0.3 is 13.8 Å². The Morgan fingerprint density at radius 1 is 0.457 bits per heavy atom. The second-order valence-electron chi connectivity index (χ2n) is 17.6. The highest BCUT2D eigenvalue weighted by Gasteiger charge is 2.51. The smallest absolute Gasteiger partial charge is 0.457 e. The van der Waals surface area contributed by atoms with E-state index in [0.717, 1.165) is 141 Å². The van der Waals surface area contributed by atoms with Gasteiger partial charge in [-0.15, -0.1) is 0 Å². The maximum atomic E-state index is 12.9. The van der Waals surface area contributed by atoms with E-state index < -0.39 is 63.1 Å². The molecule has 398 valence electrons. The van der Waals surface area contributed by atoms with Crippen molar-refractivity contribution in [3.8, 4) is 0 Å². The molecule has 13 heteroatoms. The molecule has 1 fully saturated rings. The predicted molar refractivity (Wildman–Crippen MR) is 285 cm³/mol. The topological polar surface area (TPSA) is 192 Å². The van der Waals surface area contributed by atoms with Crippen molar-refractivity contribution >= 4 is 13.8 Å². The van der Waals surface area contributed by atoms with Gasteiger partial charge < -0.3 is 39.9 Å². The summed E-state index contributed by atoms with van der Waals surface area (Å²) in [4.78, 5) is 23.3. The van der Waals surface area contributed by atoms with Crippen LogP contribution in [0.25, 0.3) is 0 Å². The minimum Gasteiger partial charge on any atom is -0.457 e. The quantitative estimate of drug-likeness (QED) is 0.0147. The van der Waals surface area contributed by atoms with Crippen molar-refractivity contribution in [2.75, 3.05) is 19.8 Å². The third-order valence-electron chi connectivity index (χ3n) is 11.3. The van der Waals surface area contributed by atoms with Crippen LogP contribution in [0, 0.1) is 0 Å². The number of aliphatic hydroxyl groups excluding tert-OH is 5. The van der Waals surface area contributed by atoms with Crippen molar-refractivity contribution < 1.29 is 58.3 Å². The fourth-order valence-electron chi connectivity index (χ4n) is 7.23. The van der Waals surface area contributed by atoms with E-state index >= 15 is 0 Å². The largest absolute Gasteiger partial charge is 0.472 e. The van der Waals surface area contributed by atoms with Crippen LogP contribution < -0.4 is 0 Å². The molecule has 12 nitrogen and oxygen atoms in total. The fourth-order valence-corrected chi connectivity index (χ4v) is 8.20. The van der Waals surface area contributed by atoms with Gasteiger partial charge in [0.1, 0.15) is 42.7 Å². The van der Waals surface area contributed by atoms with Gasteiger partial charge in [0.25, 0.3) is 0 Å². The summed E-state index contributed by atoms with van der Waals surface area (Å²) in [6, 6.07) is 0. The Morgan fingerprint density at radius 3 is 1.21 bits per heavy atom. The molecule has 0 aliphatic heterocycles. The average molecular weight is 1000 g/mol. The predicted octanol–water partition coefficient (Wildman–Crippen LogP) is 12.2. The summed E-state index contributed by atoms with van der Waals surface area (Å²) in [7, 11) is -5.05. The SMILES string of the molecule is CC/C=C\C/C=C\C/C=C\C/C=C\C/C=C\CCCCCCCCCC(=O)OC(COCCCCCC/C=C\C/C=C\C/C=C\C/C=C\C/C=C\CC)COP(=O)(O)OC1C(O)C(O)C(O)C(O)C1O. The van der Waals surface area contributed by atoms with E-state index in [9.17, 15) is 39.8 Å². The molecule has 0 spiro atoms. The van der Waals surface area contributed by atoms with Gasteiger partial charge in [-0.25, -0.2) is 4.57 Å². The number of rotatable bonds is 43. The molecule has 6 unspecified atom stereocenters. The average Bonchev–Trinajstić information content (AvgIpc) is 3.35. The van der Waals surface area contributed by atoms with Crippen molar-refractivity contribution in [1.29, 1.82) is 0 Å². The molecule has 0 aromatic carbocycles. The lowest BCUT2D eigenvalue weighted by molar-refractivity contribution is -0.220. The van der Waals surface area contributed by atoms with E-state index in [0.29, 0.717) is 13.0 Å². The molecule has 70 heavy (non-hydrogen) atoms. The normalized spacial score (nSPS) is 21.9. The molecule has 0 bridgehead atoms. The first-order valence-electron chi connectivity index (χ1n) is 26.4. The fraction of sp³-hybridized carbons (Fsp3) is 0.632. The van der Waals surface area contributed by atoms with Gasteiger partial charge in [0.05, 0.1) is 13.2 Å². The number of phosphoric acid groups is 1. The minimum atomic E-state index is -5.05. The molecule has 0 aromatic rings. The Bertz CT molecular complexity index is 1610. The lowest BCUT2D eigenvalue weighted by Crippen LogP contribution is -2.64. The van der Waals surface area contributed by atoms with E-state index in [1.807, 2.05) is 0 Å². The summed E-state index contributed by atoms with van der Waals surface area (Å²) >= 11 is 0.